The van der Waals surface area contributed by atoms with Crippen LogP contribution < -0.4 is 9.62 Å². The molecule has 0 saturated heterocycles. The van der Waals surface area contributed by atoms with Crippen molar-refractivity contribution >= 4 is 62.3 Å². The molecule has 0 heterocycles. The largest absolute Gasteiger partial charge is 0.352 e. The van der Waals surface area contributed by atoms with E-state index in [9.17, 15) is 18.0 Å². The van der Waals surface area contributed by atoms with Gasteiger partial charge in [0.2, 0.25) is 11.8 Å². The first-order chi connectivity index (χ1) is 19.8. The van der Waals surface area contributed by atoms with E-state index in [4.69, 9.17) is 34.8 Å². The summed E-state index contributed by atoms with van der Waals surface area (Å²) in [6.07, 6.45) is 0.972. The molecule has 3 aromatic carbocycles. The van der Waals surface area contributed by atoms with Crippen LogP contribution in [-0.4, -0.2) is 43.8 Å². The van der Waals surface area contributed by atoms with Crippen molar-refractivity contribution < 1.29 is 18.0 Å². The van der Waals surface area contributed by atoms with Crippen LogP contribution in [0, 0.1) is 13.8 Å². The minimum atomic E-state index is -4.23. The zero-order chi connectivity index (χ0) is 31.2. The number of sulfonamides is 1. The standard InChI is InChI=1S/C31H36Cl3N3O4S/c1-6-22(5)35-31(39)28(7-2)36(18-25-26(33)9-8-10-27(25)34)30(38)19-37(29-17-23(32)14-13-21(29)4)42(40,41)24-15-11-20(3)12-16-24/h8-17,22,28H,6-7,18-19H2,1-5H3,(H,35,39). The van der Waals surface area contributed by atoms with Crippen molar-refractivity contribution in [3.8, 4) is 0 Å². The molecule has 226 valence electrons. The number of anilines is 1. The molecule has 0 fully saturated rings. The Labute approximate surface area is 263 Å². The number of nitrogens with one attached hydrogen (secondary N) is 1. The first-order valence-corrected chi connectivity index (χ1v) is 16.3. The van der Waals surface area contributed by atoms with E-state index in [-0.39, 0.29) is 35.5 Å². The third kappa shape index (κ3) is 7.98. The molecule has 2 atom stereocenters. The van der Waals surface area contributed by atoms with Crippen LogP contribution >= 0.6 is 34.8 Å². The molecule has 2 unspecified atom stereocenters. The predicted octanol–water partition coefficient (Wildman–Crippen LogP) is 7.18. The van der Waals surface area contributed by atoms with Gasteiger partial charge < -0.3 is 10.2 Å². The fraction of sp³-hybridized carbons (Fsp3) is 0.355. The van der Waals surface area contributed by atoms with Gasteiger partial charge in [0.15, 0.2) is 0 Å². The van der Waals surface area contributed by atoms with Crippen LogP contribution in [0.3, 0.4) is 0 Å². The highest BCUT2D eigenvalue weighted by atomic mass is 35.5. The van der Waals surface area contributed by atoms with E-state index in [1.165, 1.54) is 23.1 Å². The van der Waals surface area contributed by atoms with E-state index in [0.29, 0.717) is 32.6 Å². The maximum atomic E-state index is 14.3. The predicted molar refractivity (Wildman–Crippen MR) is 171 cm³/mol. The van der Waals surface area contributed by atoms with E-state index in [1.54, 1.807) is 56.3 Å². The summed E-state index contributed by atoms with van der Waals surface area (Å²) in [4.78, 5) is 29.1. The number of amides is 2. The number of hydrogen-bond donors (Lipinski definition) is 1. The minimum absolute atomic E-state index is 0.0162. The summed E-state index contributed by atoms with van der Waals surface area (Å²) >= 11 is 19.2. The Bertz CT molecular complexity index is 1510. The molecule has 7 nitrogen and oxygen atoms in total. The van der Waals surface area contributed by atoms with E-state index < -0.39 is 28.5 Å². The average molecular weight is 653 g/mol. The highest BCUT2D eigenvalue weighted by Crippen LogP contribution is 2.31. The molecule has 0 aliphatic rings. The second kappa shape index (κ2) is 14.6. The molecule has 0 saturated carbocycles. The summed E-state index contributed by atoms with van der Waals surface area (Å²) in [6, 6.07) is 15.2. The van der Waals surface area contributed by atoms with E-state index in [2.05, 4.69) is 5.32 Å². The smallest absolute Gasteiger partial charge is 0.264 e. The first-order valence-electron chi connectivity index (χ1n) is 13.7. The molecule has 0 aromatic heterocycles. The monoisotopic (exact) mass is 651 g/mol. The molecule has 0 aliphatic heterocycles. The number of aryl methyl sites for hydroxylation is 2. The molecule has 11 heteroatoms. The van der Waals surface area contributed by atoms with Crippen molar-refractivity contribution in [2.24, 2.45) is 0 Å². The number of carbonyl (C=O) groups is 2. The van der Waals surface area contributed by atoms with Crippen molar-refractivity contribution in [1.29, 1.82) is 0 Å². The fourth-order valence-corrected chi connectivity index (χ4v) is 6.57. The van der Waals surface area contributed by atoms with Crippen LogP contribution in [0.5, 0.6) is 0 Å². The zero-order valence-corrected chi connectivity index (χ0v) is 27.4. The number of benzene rings is 3. The third-order valence-electron chi connectivity index (χ3n) is 7.10. The van der Waals surface area contributed by atoms with Crippen molar-refractivity contribution in [2.45, 2.75) is 71.0 Å². The second-order valence-corrected chi connectivity index (χ2v) is 13.3. The number of hydrogen-bond acceptors (Lipinski definition) is 4. The maximum absolute atomic E-state index is 14.3. The lowest BCUT2D eigenvalue weighted by Gasteiger charge is -2.34. The quantitative estimate of drug-likeness (QED) is 0.225. The van der Waals surface area contributed by atoms with Crippen LogP contribution in [0.2, 0.25) is 15.1 Å². The van der Waals surface area contributed by atoms with Gasteiger partial charge in [-0.1, -0.05) is 78.5 Å². The van der Waals surface area contributed by atoms with Gasteiger partial charge in [0.1, 0.15) is 12.6 Å². The Hall–Kier alpha value is -2.78. The number of carbonyl (C=O) groups excluding carboxylic acids is 2. The van der Waals surface area contributed by atoms with E-state index in [1.807, 2.05) is 20.8 Å². The summed E-state index contributed by atoms with van der Waals surface area (Å²) in [6.45, 7) is 8.51. The van der Waals surface area contributed by atoms with E-state index in [0.717, 1.165) is 9.87 Å². The van der Waals surface area contributed by atoms with Crippen molar-refractivity contribution in [1.82, 2.24) is 10.2 Å². The maximum Gasteiger partial charge on any atom is 0.264 e. The van der Waals surface area contributed by atoms with Crippen LogP contribution in [-0.2, 0) is 26.2 Å². The summed E-state index contributed by atoms with van der Waals surface area (Å²) < 4.78 is 29.2. The van der Waals surface area contributed by atoms with Gasteiger partial charge in [-0.2, -0.15) is 0 Å². The lowest BCUT2D eigenvalue weighted by molar-refractivity contribution is -0.140. The summed E-state index contributed by atoms with van der Waals surface area (Å²) in [5.41, 5.74) is 2.20. The summed E-state index contributed by atoms with van der Waals surface area (Å²) in [5.74, 6) is -0.956. The van der Waals surface area contributed by atoms with Crippen molar-refractivity contribution in [3.63, 3.8) is 0 Å². The van der Waals surface area contributed by atoms with Gasteiger partial charge in [-0.3, -0.25) is 13.9 Å². The highest BCUT2D eigenvalue weighted by Gasteiger charge is 2.35. The normalized spacial score (nSPS) is 12.9. The Morgan fingerprint density at radius 2 is 1.52 bits per heavy atom. The second-order valence-electron chi connectivity index (χ2n) is 10.2. The van der Waals surface area contributed by atoms with Gasteiger partial charge in [0.25, 0.3) is 10.0 Å². The fourth-order valence-electron chi connectivity index (χ4n) is 4.42. The Balaban J connectivity index is 2.14. The van der Waals surface area contributed by atoms with Crippen LogP contribution in [0.4, 0.5) is 5.69 Å². The van der Waals surface area contributed by atoms with Crippen LogP contribution in [0.1, 0.15) is 50.3 Å². The van der Waals surface area contributed by atoms with Gasteiger partial charge in [0, 0.05) is 33.2 Å². The zero-order valence-electron chi connectivity index (χ0n) is 24.3. The molecule has 3 aromatic rings. The lowest BCUT2D eigenvalue weighted by Crippen LogP contribution is -2.53. The van der Waals surface area contributed by atoms with Crippen LogP contribution in [0.15, 0.2) is 65.6 Å². The minimum Gasteiger partial charge on any atom is -0.352 e. The Morgan fingerprint density at radius 3 is 2.10 bits per heavy atom. The molecular weight excluding hydrogens is 617 g/mol. The van der Waals surface area contributed by atoms with Gasteiger partial charge in [0.05, 0.1) is 10.6 Å². The number of rotatable bonds is 12. The van der Waals surface area contributed by atoms with Gasteiger partial charge in [-0.05, 0) is 75.6 Å². The molecule has 42 heavy (non-hydrogen) atoms. The molecule has 0 spiro atoms. The van der Waals surface area contributed by atoms with Gasteiger partial charge in [-0.25, -0.2) is 8.42 Å². The van der Waals surface area contributed by atoms with Gasteiger partial charge in [-0.15, -0.1) is 0 Å². The molecular formula is C31H36Cl3N3O4S. The average Bonchev–Trinajstić information content (AvgIpc) is 2.94. The molecule has 0 aliphatic carbocycles. The van der Waals surface area contributed by atoms with Crippen molar-refractivity contribution in [2.75, 3.05) is 10.8 Å². The van der Waals surface area contributed by atoms with E-state index >= 15 is 0 Å². The summed E-state index contributed by atoms with van der Waals surface area (Å²) in [7, 11) is -4.23. The Morgan fingerprint density at radius 1 is 0.905 bits per heavy atom. The molecule has 1 N–H and O–H groups in total. The Kier molecular flexibility index (Phi) is 11.7. The first kappa shape index (κ1) is 33.7. The lowest BCUT2D eigenvalue weighted by atomic mass is 10.1. The number of nitrogens with zero attached hydrogens (tertiary/aromatic N) is 2. The van der Waals surface area contributed by atoms with Crippen molar-refractivity contribution in [3.05, 3.63) is 92.4 Å². The highest BCUT2D eigenvalue weighted by molar-refractivity contribution is 7.92. The molecule has 0 radical (unpaired) electrons. The topological polar surface area (TPSA) is 86.8 Å². The van der Waals surface area contributed by atoms with Crippen LogP contribution in [0.25, 0.3) is 0 Å². The number of halogens is 3. The third-order valence-corrected chi connectivity index (χ3v) is 9.82. The SMILES string of the molecule is CCC(C)NC(=O)C(CC)N(Cc1c(Cl)cccc1Cl)C(=O)CN(c1cc(Cl)ccc1C)S(=O)(=O)c1ccc(C)cc1. The molecule has 3 rings (SSSR count). The molecule has 0 bridgehead atoms. The molecule has 2 amide bonds. The van der Waals surface area contributed by atoms with Gasteiger partial charge >= 0.3 is 0 Å². The summed E-state index contributed by atoms with van der Waals surface area (Å²) in [5, 5.41) is 3.91.